The molecule has 1 aromatic carbocycles. The molecule has 0 aliphatic carbocycles. The number of nitriles is 1. The SMILES string of the molecule is CSC(SC)=C(C#N)S(=O)(=O)c1cc(C)ccc1F. The zero-order valence-corrected chi connectivity index (χ0v) is 13.0. The molecular weight excluding hydrogens is 305 g/mol. The van der Waals surface area contributed by atoms with Gasteiger partial charge in [-0.2, -0.15) is 5.26 Å². The van der Waals surface area contributed by atoms with Crippen LogP contribution in [0.1, 0.15) is 5.56 Å². The van der Waals surface area contributed by atoms with Gasteiger partial charge in [0, 0.05) is 0 Å². The van der Waals surface area contributed by atoms with Gasteiger partial charge >= 0.3 is 0 Å². The molecule has 7 heteroatoms. The average molecular weight is 317 g/mol. The summed E-state index contributed by atoms with van der Waals surface area (Å²) in [6.07, 6.45) is 3.34. The number of allylic oxidation sites excluding steroid dienone is 1. The molecule has 0 N–H and O–H groups in total. The molecule has 0 heterocycles. The highest BCUT2D eigenvalue weighted by molar-refractivity contribution is 8.22. The maximum absolute atomic E-state index is 13.7. The Kier molecular flexibility index (Phi) is 5.47. The molecule has 0 aromatic heterocycles. The number of hydrogen-bond acceptors (Lipinski definition) is 5. The Bertz CT molecular complexity index is 654. The van der Waals surface area contributed by atoms with Crippen molar-refractivity contribution in [2.45, 2.75) is 11.8 Å². The molecule has 1 rings (SSSR count). The molecule has 19 heavy (non-hydrogen) atoms. The summed E-state index contributed by atoms with van der Waals surface area (Å²) in [7, 11) is -4.13. The van der Waals surface area contributed by atoms with E-state index in [1.54, 1.807) is 25.5 Å². The average Bonchev–Trinajstić information content (AvgIpc) is 2.38. The fraction of sp³-hybridized carbons (Fsp3) is 0.250. The van der Waals surface area contributed by atoms with Crippen LogP contribution in [0.3, 0.4) is 0 Å². The summed E-state index contributed by atoms with van der Waals surface area (Å²) >= 11 is 2.31. The summed E-state index contributed by atoms with van der Waals surface area (Å²) in [5, 5.41) is 9.08. The van der Waals surface area contributed by atoms with Crippen molar-refractivity contribution in [3.8, 4) is 6.07 Å². The van der Waals surface area contributed by atoms with Crippen LogP contribution in [0, 0.1) is 24.1 Å². The van der Waals surface area contributed by atoms with E-state index in [2.05, 4.69) is 0 Å². The molecular formula is C12H12FNO2S3. The van der Waals surface area contributed by atoms with Crippen molar-refractivity contribution >= 4 is 33.4 Å². The Morgan fingerprint density at radius 2 is 1.89 bits per heavy atom. The van der Waals surface area contributed by atoms with Gasteiger partial charge in [0.25, 0.3) is 0 Å². The number of nitrogens with zero attached hydrogens (tertiary/aromatic N) is 1. The van der Waals surface area contributed by atoms with Crippen molar-refractivity contribution in [2.75, 3.05) is 12.5 Å². The summed E-state index contributed by atoms with van der Waals surface area (Å²) in [6.45, 7) is 1.66. The van der Waals surface area contributed by atoms with E-state index in [0.29, 0.717) is 9.80 Å². The number of thioether (sulfide) groups is 2. The largest absolute Gasteiger partial charge is 0.221 e. The molecule has 0 unspecified atom stereocenters. The monoisotopic (exact) mass is 317 g/mol. The van der Waals surface area contributed by atoms with Crippen LogP contribution in [0.15, 0.2) is 32.2 Å². The Hall–Kier alpha value is -0.970. The van der Waals surface area contributed by atoms with Gasteiger partial charge in [0.05, 0.1) is 4.24 Å². The van der Waals surface area contributed by atoms with E-state index in [0.717, 1.165) is 29.6 Å². The zero-order valence-electron chi connectivity index (χ0n) is 10.6. The van der Waals surface area contributed by atoms with Crippen molar-refractivity contribution in [1.29, 1.82) is 5.26 Å². The first-order chi connectivity index (χ1) is 8.88. The van der Waals surface area contributed by atoms with Crippen LogP contribution in [0.5, 0.6) is 0 Å². The number of benzene rings is 1. The number of hydrogen-bond donors (Lipinski definition) is 0. The number of rotatable bonds is 4. The number of aryl methyl sites for hydroxylation is 1. The lowest BCUT2D eigenvalue weighted by Crippen LogP contribution is -2.07. The highest BCUT2D eigenvalue weighted by Crippen LogP contribution is 2.33. The summed E-state index contributed by atoms with van der Waals surface area (Å²) in [5.74, 6) is -0.847. The van der Waals surface area contributed by atoms with E-state index < -0.39 is 25.5 Å². The Balaban J connectivity index is 3.60. The van der Waals surface area contributed by atoms with E-state index in [4.69, 9.17) is 5.26 Å². The maximum atomic E-state index is 13.7. The van der Waals surface area contributed by atoms with Crippen molar-refractivity contribution in [2.24, 2.45) is 0 Å². The van der Waals surface area contributed by atoms with Gasteiger partial charge < -0.3 is 0 Å². The lowest BCUT2D eigenvalue weighted by atomic mass is 10.2. The van der Waals surface area contributed by atoms with Gasteiger partial charge in [0.2, 0.25) is 9.84 Å². The lowest BCUT2D eigenvalue weighted by Gasteiger charge is -2.08. The van der Waals surface area contributed by atoms with E-state index in [-0.39, 0.29) is 0 Å². The van der Waals surface area contributed by atoms with E-state index in [1.165, 1.54) is 12.1 Å². The molecule has 0 radical (unpaired) electrons. The zero-order chi connectivity index (χ0) is 14.6. The molecule has 1 aromatic rings. The predicted molar refractivity (Wildman–Crippen MR) is 78.0 cm³/mol. The second-order valence-electron chi connectivity index (χ2n) is 3.57. The molecule has 0 saturated carbocycles. The number of sulfone groups is 1. The second kappa shape index (κ2) is 6.46. The third kappa shape index (κ3) is 3.32. The minimum Gasteiger partial charge on any atom is -0.218 e. The van der Waals surface area contributed by atoms with Crippen molar-refractivity contribution < 1.29 is 12.8 Å². The van der Waals surface area contributed by atoms with Crippen LogP contribution < -0.4 is 0 Å². The quantitative estimate of drug-likeness (QED) is 0.797. The molecule has 0 spiro atoms. The van der Waals surface area contributed by atoms with Crippen LogP contribution in [0.25, 0.3) is 0 Å². The molecule has 0 atom stereocenters. The van der Waals surface area contributed by atoms with Gasteiger partial charge in [-0.1, -0.05) is 6.07 Å². The topological polar surface area (TPSA) is 57.9 Å². The molecule has 0 fully saturated rings. The molecule has 0 saturated heterocycles. The lowest BCUT2D eigenvalue weighted by molar-refractivity contribution is 0.571. The minimum atomic E-state index is -4.13. The van der Waals surface area contributed by atoms with Crippen LogP contribution in [0.4, 0.5) is 4.39 Å². The first kappa shape index (κ1) is 16.1. The van der Waals surface area contributed by atoms with Crippen LogP contribution in [0.2, 0.25) is 0 Å². The Morgan fingerprint density at radius 3 is 2.37 bits per heavy atom. The molecule has 3 nitrogen and oxygen atoms in total. The molecule has 0 aliphatic rings. The first-order valence-corrected chi connectivity index (χ1v) is 9.05. The van der Waals surface area contributed by atoms with Gasteiger partial charge in [-0.3, -0.25) is 0 Å². The summed E-state index contributed by atoms with van der Waals surface area (Å²) in [4.78, 5) is -0.860. The van der Waals surface area contributed by atoms with E-state index in [9.17, 15) is 12.8 Å². The summed E-state index contributed by atoms with van der Waals surface area (Å²) in [5.41, 5.74) is 0.618. The Labute approximate surface area is 120 Å². The van der Waals surface area contributed by atoms with Crippen molar-refractivity contribution in [1.82, 2.24) is 0 Å². The maximum Gasteiger partial charge on any atom is 0.221 e. The second-order valence-corrected chi connectivity index (χ2v) is 7.32. The summed E-state index contributed by atoms with van der Waals surface area (Å²) in [6, 6.07) is 5.48. The van der Waals surface area contributed by atoms with Gasteiger partial charge in [0.1, 0.15) is 16.8 Å². The standard InChI is InChI=1S/C12H12FNO2S3/c1-8-4-5-9(13)10(6-8)19(15,16)11(7-14)12(17-2)18-3/h4-6H,1-3H3. The molecule has 102 valence electrons. The fourth-order valence-corrected chi connectivity index (χ4v) is 4.92. The smallest absolute Gasteiger partial charge is 0.218 e. The van der Waals surface area contributed by atoms with Crippen LogP contribution in [-0.4, -0.2) is 20.9 Å². The van der Waals surface area contributed by atoms with Gasteiger partial charge in [-0.25, -0.2) is 12.8 Å². The summed E-state index contributed by atoms with van der Waals surface area (Å²) < 4.78 is 38.8. The van der Waals surface area contributed by atoms with Crippen molar-refractivity contribution in [3.63, 3.8) is 0 Å². The minimum absolute atomic E-state index is 0.350. The highest BCUT2D eigenvalue weighted by Gasteiger charge is 2.27. The first-order valence-electron chi connectivity index (χ1n) is 5.12. The highest BCUT2D eigenvalue weighted by atomic mass is 32.2. The number of halogens is 1. The molecule has 0 amide bonds. The normalized spacial score (nSPS) is 10.9. The third-order valence-corrected chi connectivity index (χ3v) is 6.44. The van der Waals surface area contributed by atoms with E-state index >= 15 is 0 Å². The predicted octanol–water partition coefficient (Wildman–Crippen LogP) is 3.33. The van der Waals surface area contributed by atoms with Gasteiger partial charge in [0.15, 0.2) is 4.91 Å². The molecule has 0 bridgehead atoms. The van der Waals surface area contributed by atoms with Crippen molar-refractivity contribution in [3.05, 3.63) is 38.7 Å². The van der Waals surface area contributed by atoms with Gasteiger partial charge in [-0.15, -0.1) is 23.5 Å². The van der Waals surface area contributed by atoms with Crippen LogP contribution >= 0.6 is 23.5 Å². The third-order valence-electron chi connectivity index (χ3n) is 2.30. The fourth-order valence-electron chi connectivity index (χ4n) is 1.41. The molecule has 0 aliphatic heterocycles. The van der Waals surface area contributed by atoms with E-state index in [1.807, 2.05) is 0 Å². The van der Waals surface area contributed by atoms with Gasteiger partial charge in [-0.05, 0) is 37.1 Å². The Morgan fingerprint density at radius 1 is 1.32 bits per heavy atom. The van der Waals surface area contributed by atoms with Crippen LogP contribution in [-0.2, 0) is 9.84 Å².